The van der Waals surface area contributed by atoms with Crippen LogP contribution in [-0.2, 0) is 0 Å². The molecule has 3 aliphatic rings. The van der Waals surface area contributed by atoms with Gasteiger partial charge in [0.15, 0.2) is 5.82 Å². The van der Waals surface area contributed by atoms with Crippen LogP contribution in [0.5, 0.6) is 0 Å². The summed E-state index contributed by atoms with van der Waals surface area (Å²) in [5.41, 5.74) is 0. The molecule has 0 radical (unpaired) electrons. The molecular weight excluding hydrogens is 356 g/mol. The van der Waals surface area contributed by atoms with Crippen molar-refractivity contribution in [1.29, 1.82) is 0 Å². The summed E-state index contributed by atoms with van der Waals surface area (Å²) in [6, 6.07) is -0.259. The minimum absolute atomic E-state index is 0.0181. The highest BCUT2D eigenvalue weighted by Gasteiger charge is 2.36. The molecule has 2 amide bonds. The topological polar surface area (TPSA) is 74.5 Å². The summed E-state index contributed by atoms with van der Waals surface area (Å²) in [4.78, 5) is 21.1. The first kappa shape index (κ1) is 18.6. The van der Waals surface area contributed by atoms with Gasteiger partial charge < -0.3 is 14.7 Å². The van der Waals surface area contributed by atoms with E-state index in [4.69, 9.17) is 4.52 Å². The fraction of sp³-hybridized carbons (Fsp3) is 0.833. The smallest absolute Gasteiger partial charge is 0.317 e. The molecule has 0 aromatic carbocycles. The maximum Gasteiger partial charge on any atom is 0.317 e. The summed E-state index contributed by atoms with van der Waals surface area (Å²) in [7, 11) is 1.99. The van der Waals surface area contributed by atoms with Crippen molar-refractivity contribution >= 4 is 6.03 Å². The molecule has 1 aromatic rings. The van der Waals surface area contributed by atoms with Crippen molar-refractivity contribution in [1.82, 2.24) is 25.3 Å². The van der Waals surface area contributed by atoms with Gasteiger partial charge in [-0.1, -0.05) is 5.16 Å². The lowest BCUT2D eigenvalue weighted by Crippen LogP contribution is -2.54. The van der Waals surface area contributed by atoms with Crippen molar-refractivity contribution in [3.8, 4) is 0 Å². The Morgan fingerprint density at radius 1 is 1.19 bits per heavy atom. The van der Waals surface area contributed by atoms with Gasteiger partial charge in [-0.15, -0.1) is 0 Å². The van der Waals surface area contributed by atoms with Crippen LogP contribution in [0.4, 0.5) is 13.6 Å². The number of rotatable bonds is 4. The fourth-order valence-electron chi connectivity index (χ4n) is 4.00. The number of aromatic nitrogens is 2. The van der Waals surface area contributed by atoms with Crippen LogP contribution >= 0.6 is 0 Å². The van der Waals surface area contributed by atoms with Crippen molar-refractivity contribution < 1.29 is 18.1 Å². The second kappa shape index (κ2) is 7.69. The van der Waals surface area contributed by atoms with Crippen LogP contribution in [0.15, 0.2) is 4.52 Å². The van der Waals surface area contributed by atoms with Crippen molar-refractivity contribution in [2.75, 3.05) is 26.7 Å². The summed E-state index contributed by atoms with van der Waals surface area (Å²) in [5.74, 6) is 1.24. The monoisotopic (exact) mass is 383 g/mol. The minimum atomic E-state index is -2.25. The zero-order valence-corrected chi connectivity index (χ0v) is 15.6. The van der Waals surface area contributed by atoms with Crippen LogP contribution < -0.4 is 5.32 Å². The van der Waals surface area contributed by atoms with Gasteiger partial charge in [0.1, 0.15) is 6.04 Å². The second-order valence-corrected chi connectivity index (χ2v) is 8.10. The Labute approximate surface area is 157 Å². The Kier molecular flexibility index (Phi) is 5.29. The summed E-state index contributed by atoms with van der Waals surface area (Å²) in [6.07, 6.45) is 2.15. The van der Waals surface area contributed by atoms with E-state index in [0.29, 0.717) is 50.6 Å². The molecule has 2 aliphatic carbocycles. The third kappa shape index (κ3) is 4.23. The third-order valence-corrected chi connectivity index (χ3v) is 6.08. The van der Waals surface area contributed by atoms with Gasteiger partial charge in [0.2, 0.25) is 12.3 Å². The first-order chi connectivity index (χ1) is 13.0. The van der Waals surface area contributed by atoms with Gasteiger partial charge >= 0.3 is 6.03 Å². The highest BCUT2D eigenvalue weighted by atomic mass is 19.3. The van der Waals surface area contributed by atoms with E-state index in [1.807, 2.05) is 7.05 Å². The molecule has 4 rings (SSSR count). The Morgan fingerprint density at radius 2 is 1.93 bits per heavy atom. The molecule has 1 unspecified atom stereocenters. The first-order valence-corrected chi connectivity index (χ1v) is 9.88. The molecule has 1 saturated heterocycles. The zero-order valence-electron chi connectivity index (χ0n) is 15.6. The summed E-state index contributed by atoms with van der Waals surface area (Å²) in [6.45, 7) is 1.83. The summed E-state index contributed by atoms with van der Waals surface area (Å²) in [5, 5.41) is 7.10. The molecule has 2 saturated carbocycles. The Balaban J connectivity index is 1.32. The molecule has 27 heavy (non-hydrogen) atoms. The lowest BCUT2D eigenvalue weighted by Gasteiger charge is -2.38. The van der Waals surface area contributed by atoms with Gasteiger partial charge in [0.05, 0.1) is 0 Å². The van der Waals surface area contributed by atoms with Gasteiger partial charge in [-0.2, -0.15) is 4.98 Å². The van der Waals surface area contributed by atoms with E-state index in [2.05, 4.69) is 20.4 Å². The average molecular weight is 383 g/mol. The lowest BCUT2D eigenvalue weighted by molar-refractivity contribution is 0.0499. The van der Waals surface area contributed by atoms with Crippen LogP contribution in [-0.4, -0.2) is 65.1 Å². The first-order valence-electron chi connectivity index (χ1n) is 9.88. The van der Waals surface area contributed by atoms with E-state index in [0.717, 1.165) is 25.2 Å². The van der Waals surface area contributed by atoms with E-state index in [1.165, 1.54) is 0 Å². The molecular formula is C18H27F2N5O2. The van der Waals surface area contributed by atoms with Crippen molar-refractivity contribution in [3.05, 3.63) is 11.7 Å². The molecule has 150 valence electrons. The molecule has 9 heteroatoms. The van der Waals surface area contributed by atoms with Gasteiger partial charge in [0.25, 0.3) is 0 Å². The van der Waals surface area contributed by atoms with Crippen molar-refractivity contribution in [3.63, 3.8) is 0 Å². The predicted molar refractivity (Wildman–Crippen MR) is 93.5 cm³/mol. The number of hydrogen-bond acceptors (Lipinski definition) is 5. The molecule has 1 N–H and O–H groups in total. The number of piperazine rings is 1. The zero-order chi connectivity index (χ0) is 19.0. The lowest BCUT2D eigenvalue weighted by atomic mass is 9.86. The van der Waals surface area contributed by atoms with Crippen LogP contribution in [0.2, 0.25) is 0 Å². The number of nitrogens with zero attached hydrogens (tertiary/aromatic N) is 4. The Bertz CT molecular complexity index is 658. The van der Waals surface area contributed by atoms with E-state index in [1.54, 1.807) is 4.90 Å². The Hall–Kier alpha value is -1.77. The molecule has 0 bridgehead atoms. The molecule has 1 aromatic heterocycles. The van der Waals surface area contributed by atoms with Crippen LogP contribution in [0, 0.1) is 5.92 Å². The van der Waals surface area contributed by atoms with Gasteiger partial charge in [-0.3, -0.25) is 4.90 Å². The number of hydrogen-bond donors (Lipinski definition) is 1. The fourth-order valence-corrected chi connectivity index (χ4v) is 4.00. The van der Waals surface area contributed by atoms with Crippen molar-refractivity contribution in [2.45, 2.75) is 63.0 Å². The normalized spacial score (nSPS) is 29.9. The third-order valence-electron chi connectivity index (χ3n) is 6.08. The number of halogens is 2. The highest BCUT2D eigenvalue weighted by Crippen LogP contribution is 2.39. The molecule has 7 nitrogen and oxygen atoms in total. The van der Waals surface area contributed by atoms with Gasteiger partial charge in [-0.25, -0.2) is 13.6 Å². The molecule has 3 fully saturated rings. The molecule has 1 atom stereocenters. The molecule has 1 aliphatic heterocycles. The van der Waals surface area contributed by atoms with Crippen LogP contribution in [0.1, 0.15) is 62.2 Å². The summed E-state index contributed by atoms with van der Waals surface area (Å²) >= 11 is 0. The SMILES string of the molecule is CN1CCN(C(=O)NC2CCC(C(F)F)CC2)CC1c1nc(C2CC2)no1. The van der Waals surface area contributed by atoms with Crippen LogP contribution in [0.25, 0.3) is 0 Å². The number of carbonyl (C=O) groups excluding carboxylic acids is 1. The minimum Gasteiger partial charge on any atom is -0.338 e. The van der Waals surface area contributed by atoms with E-state index < -0.39 is 12.3 Å². The maximum absolute atomic E-state index is 12.8. The summed E-state index contributed by atoms with van der Waals surface area (Å²) < 4.78 is 31.0. The standard InChI is InChI=1S/C18H27F2N5O2/c1-24-8-9-25(10-14(24)17-22-16(23-27-17)12-2-3-12)18(26)21-13-6-4-11(5-7-13)15(19)20/h11-15H,2-10H2,1H3,(H,21,26). The number of nitrogens with one attached hydrogen (secondary N) is 1. The number of amides is 2. The van der Waals surface area contributed by atoms with Gasteiger partial charge in [0, 0.05) is 37.5 Å². The highest BCUT2D eigenvalue weighted by molar-refractivity contribution is 5.74. The van der Waals surface area contributed by atoms with Crippen LogP contribution in [0.3, 0.4) is 0 Å². The Morgan fingerprint density at radius 3 is 2.59 bits per heavy atom. The predicted octanol–water partition coefficient (Wildman–Crippen LogP) is 2.77. The number of alkyl halides is 2. The second-order valence-electron chi connectivity index (χ2n) is 8.10. The molecule has 0 spiro atoms. The quantitative estimate of drug-likeness (QED) is 0.865. The molecule has 2 heterocycles. The van der Waals surface area contributed by atoms with E-state index in [-0.39, 0.29) is 18.1 Å². The van der Waals surface area contributed by atoms with E-state index >= 15 is 0 Å². The maximum atomic E-state index is 12.8. The average Bonchev–Trinajstić information content (AvgIpc) is 3.40. The van der Waals surface area contributed by atoms with Gasteiger partial charge in [-0.05, 0) is 45.6 Å². The number of likely N-dealkylation sites (N-methyl/N-ethyl adjacent to an activating group) is 1. The van der Waals surface area contributed by atoms with E-state index in [9.17, 15) is 13.6 Å². The largest absolute Gasteiger partial charge is 0.338 e. The number of carbonyl (C=O) groups is 1. The number of urea groups is 1. The van der Waals surface area contributed by atoms with Crippen molar-refractivity contribution in [2.24, 2.45) is 5.92 Å².